The molecule has 0 aromatic rings. The third-order valence-electron chi connectivity index (χ3n) is 2.95. The zero-order chi connectivity index (χ0) is 10.4. The van der Waals surface area contributed by atoms with Crippen molar-refractivity contribution >= 4 is 10.8 Å². The van der Waals surface area contributed by atoms with Gasteiger partial charge in [0.05, 0.1) is 0 Å². The second-order valence-electron chi connectivity index (χ2n) is 4.06. The van der Waals surface area contributed by atoms with Crippen molar-refractivity contribution in [2.45, 2.75) is 31.7 Å². The number of likely N-dealkylation sites (tertiary alicyclic amines) is 1. The molecule has 0 spiro atoms. The van der Waals surface area contributed by atoms with Gasteiger partial charge in [-0.1, -0.05) is 6.42 Å². The molecule has 0 saturated carbocycles. The molecule has 1 heterocycles. The minimum atomic E-state index is -0.688. The maximum Gasteiger partial charge on any atom is 0.0357 e. The van der Waals surface area contributed by atoms with Crippen LogP contribution in [0.4, 0.5) is 0 Å². The van der Waals surface area contributed by atoms with Gasteiger partial charge >= 0.3 is 0 Å². The van der Waals surface area contributed by atoms with Crippen LogP contribution in [0.3, 0.4) is 0 Å². The molecule has 1 aliphatic rings. The molecule has 0 aliphatic carbocycles. The molecule has 0 radical (unpaired) electrons. The summed E-state index contributed by atoms with van der Waals surface area (Å²) < 4.78 is 11.4. The van der Waals surface area contributed by atoms with Crippen molar-refractivity contribution in [3.05, 3.63) is 0 Å². The Morgan fingerprint density at radius 3 is 2.86 bits per heavy atom. The fourth-order valence-corrected chi connectivity index (χ4v) is 3.01. The van der Waals surface area contributed by atoms with Gasteiger partial charge in [0.1, 0.15) is 0 Å². The minimum Gasteiger partial charge on any atom is -0.330 e. The van der Waals surface area contributed by atoms with E-state index in [1.54, 1.807) is 0 Å². The van der Waals surface area contributed by atoms with E-state index in [-0.39, 0.29) is 0 Å². The van der Waals surface area contributed by atoms with Crippen molar-refractivity contribution in [1.29, 1.82) is 0 Å². The molecule has 14 heavy (non-hydrogen) atoms. The van der Waals surface area contributed by atoms with Gasteiger partial charge in [-0.2, -0.15) is 0 Å². The maximum absolute atomic E-state index is 11.4. The first-order valence-corrected chi connectivity index (χ1v) is 6.98. The van der Waals surface area contributed by atoms with Gasteiger partial charge in [-0.05, 0) is 32.9 Å². The summed E-state index contributed by atoms with van der Waals surface area (Å²) in [5.41, 5.74) is 5.36. The molecule has 1 fully saturated rings. The second kappa shape index (κ2) is 6.53. The van der Waals surface area contributed by atoms with E-state index in [0.717, 1.165) is 12.2 Å². The van der Waals surface area contributed by atoms with Crippen LogP contribution in [-0.4, -0.2) is 46.8 Å². The van der Waals surface area contributed by atoms with Crippen LogP contribution >= 0.6 is 0 Å². The summed E-state index contributed by atoms with van der Waals surface area (Å²) in [5, 5.41) is 0. The fourth-order valence-electron chi connectivity index (χ4n) is 2.01. The van der Waals surface area contributed by atoms with E-state index in [1.807, 2.05) is 0 Å². The molecule has 0 aromatic heterocycles. The number of hydrogen-bond donors (Lipinski definition) is 1. The largest absolute Gasteiger partial charge is 0.330 e. The number of piperidine rings is 1. The fraction of sp³-hybridized carbons (Fsp3) is 1.00. The Bertz CT molecular complexity index is 187. The average molecular weight is 218 g/mol. The zero-order valence-corrected chi connectivity index (χ0v) is 9.89. The van der Waals surface area contributed by atoms with Crippen LogP contribution in [0.15, 0.2) is 0 Å². The van der Waals surface area contributed by atoms with Gasteiger partial charge < -0.3 is 10.6 Å². The number of rotatable bonds is 5. The topological polar surface area (TPSA) is 46.3 Å². The molecule has 84 valence electrons. The van der Waals surface area contributed by atoms with Crippen LogP contribution in [0.5, 0.6) is 0 Å². The lowest BCUT2D eigenvalue weighted by Gasteiger charge is -2.32. The van der Waals surface area contributed by atoms with Crippen LogP contribution in [0.1, 0.15) is 25.7 Å². The predicted molar refractivity (Wildman–Crippen MR) is 61.8 cm³/mol. The van der Waals surface area contributed by atoms with E-state index in [4.69, 9.17) is 5.73 Å². The molecule has 3 nitrogen and oxygen atoms in total. The molecule has 1 rings (SSSR count). The summed E-state index contributed by atoms with van der Waals surface area (Å²) in [6, 6.07) is 0.658. The van der Waals surface area contributed by atoms with E-state index in [9.17, 15) is 4.21 Å². The summed E-state index contributed by atoms with van der Waals surface area (Å²) in [6.45, 7) is 1.75. The second-order valence-corrected chi connectivity index (χ2v) is 5.75. The summed E-state index contributed by atoms with van der Waals surface area (Å²) in [4.78, 5) is 2.41. The Morgan fingerprint density at radius 2 is 2.21 bits per heavy atom. The molecule has 1 aliphatic heterocycles. The number of hydrogen-bond acceptors (Lipinski definition) is 3. The van der Waals surface area contributed by atoms with Gasteiger partial charge in [-0.25, -0.2) is 0 Å². The Morgan fingerprint density at radius 1 is 1.43 bits per heavy atom. The highest BCUT2D eigenvalue weighted by atomic mass is 32.2. The monoisotopic (exact) mass is 218 g/mol. The van der Waals surface area contributed by atoms with Crippen molar-refractivity contribution in [1.82, 2.24) is 4.90 Å². The molecule has 2 atom stereocenters. The quantitative estimate of drug-likeness (QED) is 0.734. The van der Waals surface area contributed by atoms with Crippen LogP contribution in [0.2, 0.25) is 0 Å². The van der Waals surface area contributed by atoms with Crippen molar-refractivity contribution in [2.75, 3.05) is 31.6 Å². The van der Waals surface area contributed by atoms with E-state index in [2.05, 4.69) is 11.9 Å². The van der Waals surface area contributed by atoms with Crippen molar-refractivity contribution < 1.29 is 4.21 Å². The van der Waals surface area contributed by atoms with E-state index >= 15 is 0 Å². The smallest absolute Gasteiger partial charge is 0.0357 e. The highest BCUT2D eigenvalue weighted by Gasteiger charge is 2.18. The van der Waals surface area contributed by atoms with E-state index < -0.39 is 10.8 Å². The molecular formula is C10H22N2OS. The molecule has 0 amide bonds. The lowest BCUT2D eigenvalue weighted by molar-refractivity contribution is 0.182. The first-order valence-electron chi connectivity index (χ1n) is 5.49. The highest BCUT2D eigenvalue weighted by Crippen LogP contribution is 2.17. The highest BCUT2D eigenvalue weighted by molar-refractivity contribution is 7.84. The first-order chi connectivity index (χ1) is 6.74. The van der Waals surface area contributed by atoms with Crippen LogP contribution in [-0.2, 0) is 10.8 Å². The summed E-state index contributed by atoms with van der Waals surface area (Å²) >= 11 is 0. The van der Waals surface area contributed by atoms with Gasteiger partial charge in [0.2, 0.25) is 0 Å². The Kier molecular flexibility index (Phi) is 5.67. The Labute approximate surface area is 89.5 Å². The van der Waals surface area contributed by atoms with Crippen molar-refractivity contribution in [2.24, 2.45) is 5.73 Å². The van der Waals surface area contributed by atoms with Gasteiger partial charge in [0.15, 0.2) is 0 Å². The molecule has 1 saturated heterocycles. The average Bonchev–Trinajstić information content (AvgIpc) is 2.17. The van der Waals surface area contributed by atoms with E-state index in [0.29, 0.717) is 18.3 Å². The van der Waals surface area contributed by atoms with Gasteiger partial charge in [0, 0.05) is 34.9 Å². The molecule has 0 bridgehead atoms. The Hall–Kier alpha value is 0.0700. The number of nitrogens with zero attached hydrogens (tertiary/aromatic N) is 1. The van der Waals surface area contributed by atoms with Crippen LogP contribution in [0.25, 0.3) is 0 Å². The standard InChI is InChI=1S/C10H22N2OS/c1-12-7-3-2-4-10(12)5-8-14(13)9-6-11/h10H,2-9,11H2,1H3. The molecular weight excluding hydrogens is 196 g/mol. The normalized spacial score (nSPS) is 26.3. The predicted octanol–water partition coefficient (Wildman–Crippen LogP) is 0.568. The summed E-state index contributed by atoms with van der Waals surface area (Å²) in [7, 11) is 1.49. The van der Waals surface area contributed by atoms with Gasteiger partial charge in [0.25, 0.3) is 0 Å². The third kappa shape index (κ3) is 4.07. The zero-order valence-electron chi connectivity index (χ0n) is 9.08. The van der Waals surface area contributed by atoms with Crippen molar-refractivity contribution in [3.63, 3.8) is 0 Å². The Balaban J connectivity index is 2.19. The van der Waals surface area contributed by atoms with Gasteiger partial charge in [-0.3, -0.25) is 4.21 Å². The van der Waals surface area contributed by atoms with Gasteiger partial charge in [-0.15, -0.1) is 0 Å². The minimum absolute atomic E-state index is 0.549. The third-order valence-corrected chi connectivity index (χ3v) is 4.33. The lowest BCUT2D eigenvalue weighted by Crippen LogP contribution is -2.37. The molecule has 0 aromatic carbocycles. The summed E-state index contributed by atoms with van der Waals surface area (Å²) in [6.07, 6.45) is 5.00. The molecule has 2 unspecified atom stereocenters. The molecule has 4 heteroatoms. The first kappa shape index (κ1) is 12.1. The maximum atomic E-state index is 11.4. The molecule has 2 N–H and O–H groups in total. The lowest BCUT2D eigenvalue weighted by atomic mass is 10.0. The van der Waals surface area contributed by atoms with Crippen molar-refractivity contribution in [3.8, 4) is 0 Å². The van der Waals surface area contributed by atoms with Crippen LogP contribution in [0, 0.1) is 0 Å². The number of nitrogens with two attached hydrogens (primary N) is 1. The van der Waals surface area contributed by atoms with Crippen LogP contribution < -0.4 is 5.73 Å². The SMILES string of the molecule is CN1CCCCC1CCS(=O)CCN. The summed E-state index contributed by atoms with van der Waals surface area (Å²) in [5.74, 6) is 1.49. The van der Waals surface area contributed by atoms with E-state index in [1.165, 1.54) is 25.8 Å².